The van der Waals surface area contributed by atoms with Gasteiger partial charge in [-0.25, -0.2) is 4.98 Å². The summed E-state index contributed by atoms with van der Waals surface area (Å²) >= 11 is 0. The molecule has 21 heavy (non-hydrogen) atoms. The number of imidazole rings is 1. The fraction of sp³-hybridized carbons (Fsp3) is 0.667. The van der Waals surface area contributed by atoms with Gasteiger partial charge < -0.3 is 19.9 Å². The Morgan fingerprint density at radius 2 is 2.14 bits per heavy atom. The van der Waals surface area contributed by atoms with Crippen LogP contribution in [0.3, 0.4) is 0 Å². The van der Waals surface area contributed by atoms with Gasteiger partial charge in [0.15, 0.2) is 5.69 Å². The van der Waals surface area contributed by atoms with Crippen LogP contribution in [0.1, 0.15) is 28.4 Å². The third kappa shape index (κ3) is 2.51. The van der Waals surface area contributed by atoms with Crippen LogP contribution in [-0.2, 0) is 19.3 Å². The number of hydrogen-bond acceptors (Lipinski definition) is 4. The number of likely N-dealkylation sites (tertiary alicyclic amines) is 1. The van der Waals surface area contributed by atoms with E-state index in [0.717, 1.165) is 4.57 Å². The molecule has 1 aromatic rings. The Hall–Kier alpha value is -1.61. The number of carbonyl (C=O) groups is 1. The number of nitrogens with one attached hydrogen (secondary N) is 1. The summed E-state index contributed by atoms with van der Waals surface area (Å²) in [4.78, 5) is 17.3. The minimum Gasteiger partial charge on any atom is -0.391 e. The second kappa shape index (κ2) is 4.99. The zero-order valence-electron chi connectivity index (χ0n) is 11.2. The van der Waals surface area contributed by atoms with Crippen LogP contribution in [0.15, 0.2) is 0 Å². The third-order valence-electron chi connectivity index (χ3n) is 3.78. The first-order valence-electron chi connectivity index (χ1n) is 6.72. The van der Waals surface area contributed by atoms with Gasteiger partial charge in [0.1, 0.15) is 0 Å². The number of hydrogen-bond donors (Lipinski definition) is 2. The minimum absolute atomic E-state index is 0.132. The molecule has 0 aromatic carbocycles. The summed E-state index contributed by atoms with van der Waals surface area (Å²) in [7, 11) is 0. The number of aliphatic hydroxyl groups is 1. The van der Waals surface area contributed by atoms with E-state index < -0.39 is 24.0 Å². The number of nitrogens with zero attached hydrogens (tertiary/aromatic N) is 3. The molecule has 1 amide bonds. The lowest BCUT2D eigenvalue weighted by Crippen LogP contribution is -2.34. The van der Waals surface area contributed by atoms with Crippen molar-refractivity contribution in [2.45, 2.75) is 31.8 Å². The van der Waals surface area contributed by atoms with Crippen molar-refractivity contribution in [3.05, 3.63) is 17.2 Å². The van der Waals surface area contributed by atoms with Crippen LogP contribution in [0.25, 0.3) is 0 Å². The van der Waals surface area contributed by atoms with Crippen LogP contribution in [0.2, 0.25) is 0 Å². The van der Waals surface area contributed by atoms with E-state index in [1.807, 2.05) is 0 Å². The number of amides is 1. The number of alkyl halides is 3. The molecule has 9 heteroatoms. The van der Waals surface area contributed by atoms with Gasteiger partial charge >= 0.3 is 6.18 Å². The average Bonchev–Trinajstić information content (AvgIpc) is 3.01. The topological polar surface area (TPSA) is 70.4 Å². The van der Waals surface area contributed by atoms with Crippen LogP contribution in [0.4, 0.5) is 13.2 Å². The highest BCUT2D eigenvalue weighted by Gasteiger charge is 2.41. The zero-order valence-corrected chi connectivity index (χ0v) is 11.2. The Bertz CT molecular complexity index is 570. The van der Waals surface area contributed by atoms with Crippen molar-refractivity contribution in [1.29, 1.82) is 0 Å². The SMILES string of the molecule is O=C(c1nc(C(F)(F)F)n2c1CNCC2)N1CC[C@@H](O)C1. The smallest absolute Gasteiger partial charge is 0.391 e. The summed E-state index contributed by atoms with van der Waals surface area (Å²) in [5.41, 5.74) is 0.101. The van der Waals surface area contributed by atoms with Gasteiger partial charge in [-0.3, -0.25) is 4.79 Å². The Kier molecular flexibility index (Phi) is 3.40. The number of rotatable bonds is 1. The van der Waals surface area contributed by atoms with E-state index in [1.54, 1.807) is 0 Å². The molecule has 1 saturated heterocycles. The van der Waals surface area contributed by atoms with Gasteiger partial charge in [0, 0.05) is 32.7 Å². The second-order valence-corrected chi connectivity index (χ2v) is 5.25. The molecule has 0 radical (unpaired) electrons. The molecule has 1 aromatic heterocycles. The van der Waals surface area contributed by atoms with Gasteiger partial charge in [-0.15, -0.1) is 0 Å². The molecule has 116 valence electrons. The molecule has 0 spiro atoms. The molecule has 0 unspecified atom stereocenters. The second-order valence-electron chi connectivity index (χ2n) is 5.25. The highest BCUT2D eigenvalue weighted by molar-refractivity contribution is 5.94. The van der Waals surface area contributed by atoms with Gasteiger partial charge in [0.05, 0.1) is 11.8 Å². The molecule has 1 fully saturated rings. The number of carbonyl (C=O) groups excluding carboxylic acids is 1. The van der Waals surface area contributed by atoms with Crippen LogP contribution in [-0.4, -0.2) is 51.2 Å². The van der Waals surface area contributed by atoms with E-state index in [9.17, 15) is 23.1 Å². The molecule has 2 N–H and O–H groups in total. The van der Waals surface area contributed by atoms with Crippen molar-refractivity contribution in [2.24, 2.45) is 0 Å². The Balaban J connectivity index is 1.99. The van der Waals surface area contributed by atoms with Gasteiger partial charge in [0.25, 0.3) is 5.91 Å². The maximum Gasteiger partial charge on any atom is 0.449 e. The first kappa shape index (κ1) is 14.3. The van der Waals surface area contributed by atoms with Crippen molar-refractivity contribution in [1.82, 2.24) is 19.8 Å². The van der Waals surface area contributed by atoms with Gasteiger partial charge in [-0.05, 0) is 6.42 Å². The molecule has 6 nitrogen and oxygen atoms in total. The summed E-state index contributed by atoms with van der Waals surface area (Å²) in [6.45, 7) is 1.19. The summed E-state index contributed by atoms with van der Waals surface area (Å²) < 4.78 is 40.1. The summed E-state index contributed by atoms with van der Waals surface area (Å²) in [5.74, 6) is -1.57. The summed E-state index contributed by atoms with van der Waals surface area (Å²) in [6, 6.07) is 0. The van der Waals surface area contributed by atoms with Crippen molar-refractivity contribution >= 4 is 5.91 Å². The average molecular weight is 304 g/mol. The Morgan fingerprint density at radius 1 is 1.38 bits per heavy atom. The van der Waals surface area contributed by atoms with E-state index in [-0.39, 0.29) is 31.0 Å². The molecular formula is C12H15F3N4O2. The fourth-order valence-corrected chi connectivity index (χ4v) is 2.77. The maximum absolute atomic E-state index is 13.0. The van der Waals surface area contributed by atoms with Gasteiger partial charge in [0.2, 0.25) is 5.82 Å². The first-order chi connectivity index (χ1) is 9.88. The Labute approximate surface area is 118 Å². The van der Waals surface area contributed by atoms with E-state index in [2.05, 4.69) is 10.3 Å². The van der Waals surface area contributed by atoms with Gasteiger partial charge in [-0.1, -0.05) is 0 Å². The highest BCUT2D eigenvalue weighted by Crippen LogP contribution is 2.31. The van der Waals surface area contributed by atoms with Crippen molar-refractivity contribution in [3.63, 3.8) is 0 Å². The number of fused-ring (bicyclic) bond motifs is 1. The quantitative estimate of drug-likeness (QED) is 0.778. The molecule has 3 heterocycles. The lowest BCUT2D eigenvalue weighted by Gasteiger charge is -2.20. The standard InChI is InChI=1S/C12H15F3N4O2/c13-12(14,15)11-17-9(8-5-16-2-4-19(8)11)10(21)18-3-1-7(20)6-18/h7,16,20H,1-6H2/t7-/m1/s1. The van der Waals surface area contributed by atoms with Gasteiger partial charge in [-0.2, -0.15) is 13.2 Å². The number of aromatic nitrogens is 2. The maximum atomic E-state index is 13.0. The van der Waals surface area contributed by atoms with Crippen LogP contribution in [0.5, 0.6) is 0 Å². The molecule has 2 aliphatic rings. The number of aliphatic hydroxyl groups excluding tert-OH is 1. The first-order valence-corrected chi connectivity index (χ1v) is 6.72. The predicted octanol–water partition coefficient (Wildman–Crippen LogP) is 0.212. The summed E-state index contributed by atoms with van der Waals surface area (Å²) in [6.07, 6.45) is -4.77. The van der Waals surface area contributed by atoms with Crippen molar-refractivity contribution in [2.75, 3.05) is 19.6 Å². The molecule has 1 atom stereocenters. The molecule has 2 aliphatic heterocycles. The largest absolute Gasteiger partial charge is 0.449 e. The molecule has 0 aliphatic carbocycles. The monoisotopic (exact) mass is 304 g/mol. The normalized spacial score (nSPS) is 22.5. The third-order valence-corrected chi connectivity index (χ3v) is 3.78. The number of halogens is 3. The van der Waals surface area contributed by atoms with E-state index in [0.29, 0.717) is 19.5 Å². The van der Waals surface area contributed by atoms with E-state index in [4.69, 9.17) is 0 Å². The zero-order chi connectivity index (χ0) is 15.2. The number of β-amino-alcohol motifs (C(OH)–C–C–N with tert-alkyl or cyclic N) is 1. The molecular weight excluding hydrogens is 289 g/mol. The minimum atomic E-state index is -4.59. The highest BCUT2D eigenvalue weighted by atomic mass is 19.4. The van der Waals surface area contributed by atoms with E-state index in [1.165, 1.54) is 4.90 Å². The Morgan fingerprint density at radius 3 is 2.76 bits per heavy atom. The molecule has 0 saturated carbocycles. The van der Waals surface area contributed by atoms with Crippen LogP contribution in [0, 0.1) is 0 Å². The van der Waals surface area contributed by atoms with Crippen LogP contribution < -0.4 is 5.32 Å². The lowest BCUT2D eigenvalue weighted by atomic mass is 10.2. The molecule has 3 rings (SSSR count). The predicted molar refractivity (Wildman–Crippen MR) is 65.5 cm³/mol. The molecule has 0 bridgehead atoms. The fourth-order valence-electron chi connectivity index (χ4n) is 2.77. The van der Waals surface area contributed by atoms with Crippen LogP contribution >= 0.6 is 0 Å². The lowest BCUT2D eigenvalue weighted by molar-refractivity contribution is -0.147. The van der Waals surface area contributed by atoms with Crippen molar-refractivity contribution in [3.8, 4) is 0 Å². The summed E-state index contributed by atoms with van der Waals surface area (Å²) in [5, 5.41) is 12.4. The van der Waals surface area contributed by atoms with Crippen molar-refractivity contribution < 1.29 is 23.1 Å². The van der Waals surface area contributed by atoms with E-state index >= 15 is 0 Å².